The van der Waals surface area contributed by atoms with Crippen LogP contribution in [0.4, 0.5) is 4.79 Å². The van der Waals surface area contributed by atoms with E-state index in [0.29, 0.717) is 13.1 Å². The lowest BCUT2D eigenvalue weighted by Gasteiger charge is -2.43. The summed E-state index contributed by atoms with van der Waals surface area (Å²) in [7, 11) is -1.86. The van der Waals surface area contributed by atoms with Gasteiger partial charge in [0.1, 0.15) is 0 Å². The largest absolute Gasteiger partial charge is 0.465 e. The van der Waals surface area contributed by atoms with Crippen molar-refractivity contribution in [3.05, 3.63) is 35.9 Å². The van der Waals surface area contributed by atoms with Crippen molar-refractivity contribution in [2.45, 2.75) is 70.7 Å². The summed E-state index contributed by atoms with van der Waals surface area (Å²) in [5.41, 5.74) is 1.53. The molecule has 0 bridgehead atoms. The van der Waals surface area contributed by atoms with Gasteiger partial charge in [0.25, 0.3) is 0 Å². The van der Waals surface area contributed by atoms with Crippen LogP contribution in [0.1, 0.15) is 45.6 Å². The van der Waals surface area contributed by atoms with Crippen LogP contribution in [0, 0.1) is 5.41 Å². The number of carboxylic acid groups (broad SMARTS) is 1. The Morgan fingerprint density at radius 2 is 1.73 bits per heavy atom. The van der Waals surface area contributed by atoms with Gasteiger partial charge in [-0.3, -0.25) is 0 Å². The van der Waals surface area contributed by atoms with E-state index in [0.717, 1.165) is 45.3 Å². The van der Waals surface area contributed by atoms with Crippen molar-refractivity contribution in [2.24, 2.45) is 5.41 Å². The minimum atomic E-state index is -1.86. The average Bonchev–Trinajstić information content (AvgIpc) is 3.08. The van der Waals surface area contributed by atoms with Crippen molar-refractivity contribution in [3.63, 3.8) is 0 Å². The number of piperidine rings is 1. The molecule has 2 saturated heterocycles. The fourth-order valence-corrected chi connectivity index (χ4v) is 5.96. The van der Waals surface area contributed by atoms with Crippen molar-refractivity contribution < 1.29 is 14.3 Å². The first-order valence-electron chi connectivity index (χ1n) is 11.4. The van der Waals surface area contributed by atoms with E-state index in [2.05, 4.69) is 69.1 Å². The van der Waals surface area contributed by atoms with Gasteiger partial charge >= 0.3 is 6.09 Å². The third-order valence-electron chi connectivity index (χ3n) is 7.66. The highest BCUT2D eigenvalue weighted by Crippen LogP contribution is 2.41. The summed E-state index contributed by atoms with van der Waals surface area (Å²) >= 11 is 0. The van der Waals surface area contributed by atoms with Gasteiger partial charge in [-0.2, -0.15) is 0 Å². The number of hydrogen-bond donors (Lipinski definition) is 1. The molecule has 0 aromatic heterocycles. The highest BCUT2D eigenvalue weighted by Gasteiger charge is 2.43. The lowest BCUT2D eigenvalue weighted by atomic mass is 9.77. The van der Waals surface area contributed by atoms with E-state index in [9.17, 15) is 9.90 Å². The molecular formula is C24H40N2O3Si. The molecule has 6 heteroatoms. The Bertz CT molecular complexity index is 709. The summed E-state index contributed by atoms with van der Waals surface area (Å²) in [4.78, 5) is 15.5. The number of nitrogens with zero attached hydrogens (tertiary/aromatic N) is 2. The van der Waals surface area contributed by atoms with Crippen LogP contribution in [-0.2, 0) is 10.8 Å². The Kier molecular flexibility index (Phi) is 7.00. The number of amides is 1. The molecule has 2 aliphatic rings. The SMILES string of the molecule is CC(C)(C)[Si](C)(C)O[C@@H](Cc1ccccc1)CN1CCC2(CC1)CCN(C(=O)O)C2. The lowest BCUT2D eigenvalue weighted by Crippen LogP contribution is -2.50. The van der Waals surface area contributed by atoms with E-state index in [-0.39, 0.29) is 16.6 Å². The fraction of sp³-hybridized carbons (Fsp3) is 0.708. The topological polar surface area (TPSA) is 53.0 Å². The van der Waals surface area contributed by atoms with Gasteiger partial charge in [-0.15, -0.1) is 0 Å². The summed E-state index contributed by atoms with van der Waals surface area (Å²) in [6.45, 7) is 16.0. The number of carbonyl (C=O) groups is 1. The Balaban J connectivity index is 1.63. The van der Waals surface area contributed by atoms with Gasteiger partial charge in [-0.05, 0) is 67.9 Å². The molecule has 1 amide bonds. The molecule has 2 fully saturated rings. The van der Waals surface area contributed by atoms with Gasteiger partial charge in [0.2, 0.25) is 0 Å². The van der Waals surface area contributed by atoms with E-state index in [4.69, 9.17) is 4.43 Å². The van der Waals surface area contributed by atoms with Crippen LogP contribution in [0.2, 0.25) is 18.1 Å². The molecule has 1 aromatic carbocycles. The molecule has 0 aliphatic carbocycles. The fourth-order valence-electron chi connectivity index (χ4n) is 4.62. The first-order chi connectivity index (χ1) is 14.0. The zero-order valence-corrected chi connectivity index (χ0v) is 20.5. The minimum absolute atomic E-state index is 0.192. The zero-order chi connectivity index (χ0) is 22.0. The summed E-state index contributed by atoms with van der Waals surface area (Å²) in [6, 6.07) is 10.7. The minimum Gasteiger partial charge on any atom is -0.465 e. The van der Waals surface area contributed by atoms with Gasteiger partial charge < -0.3 is 19.3 Å². The molecule has 2 heterocycles. The molecule has 0 unspecified atom stereocenters. The summed E-state index contributed by atoms with van der Waals surface area (Å²) in [6.07, 6.45) is 3.58. The molecule has 2 aliphatic heterocycles. The highest BCUT2D eigenvalue weighted by molar-refractivity contribution is 6.74. The standard InChI is InChI=1S/C24H40N2O3Si/c1-23(2,3)30(4,5)29-21(17-20-9-7-6-8-10-20)18-25-14-11-24(12-15-25)13-16-26(19-24)22(27)28/h6-10,21H,11-19H2,1-5H3,(H,27,28)/t21-/m0/s1. The van der Waals surface area contributed by atoms with Crippen LogP contribution in [0.25, 0.3) is 0 Å². The zero-order valence-electron chi connectivity index (χ0n) is 19.5. The molecule has 1 atom stereocenters. The smallest absolute Gasteiger partial charge is 0.407 e. The highest BCUT2D eigenvalue weighted by atomic mass is 28.4. The summed E-state index contributed by atoms with van der Waals surface area (Å²) < 4.78 is 6.89. The maximum atomic E-state index is 11.3. The predicted octanol–water partition coefficient (Wildman–Crippen LogP) is 5.09. The molecule has 30 heavy (non-hydrogen) atoms. The Labute approximate surface area is 183 Å². The van der Waals surface area contributed by atoms with E-state index < -0.39 is 14.4 Å². The molecule has 1 aromatic rings. The number of likely N-dealkylation sites (tertiary alicyclic amines) is 2. The quantitative estimate of drug-likeness (QED) is 0.637. The Hall–Kier alpha value is -1.37. The van der Waals surface area contributed by atoms with Gasteiger partial charge in [-0.1, -0.05) is 51.1 Å². The Morgan fingerprint density at radius 3 is 2.27 bits per heavy atom. The van der Waals surface area contributed by atoms with E-state index in [1.54, 1.807) is 4.90 Å². The summed E-state index contributed by atoms with van der Waals surface area (Å²) in [5, 5.41) is 9.51. The van der Waals surface area contributed by atoms with E-state index in [1.165, 1.54) is 5.56 Å². The van der Waals surface area contributed by atoms with Gasteiger partial charge in [0.05, 0.1) is 6.10 Å². The third-order valence-corrected chi connectivity index (χ3v) is 12.2. The lowest BCUT2D eigenvalue weighted by molar-refractivity contribution is 0.0642. The second kappa shape index (κ2) is 9.01. The van der Waals surface area contributed by atoms with Crippen LogP contribution >= 0.6 is 0 Å². The first kappa shape index (κ1) is 23.3. The average molecular weight is 433 g/mol. The van der Waals surface area contributed by atoms with Crippen molar-refractivity contribution in [1.29, 1.82) is 0 Å². The molecule has 168 valence electrons. The van der Waals surface area contributed by atoms with Crippen LogP contribution in [-0.4, -0.2) is 68.1 Å². The molecule has 1 spiro atoms. The van der Waals surface area contributed by atoms with Gasteiger partial charge in [-0.25, -0.2) is 4.79 Å². The maximum absolute atomic E-state index is 11.3. The van der Waals surface area contributed by atoms with E-state index >= 15 is 0 Å². The van der Waals surface area contributed by atoms with E-state index in [1.807, 2.05) is 0 Å². The molecule has 3 rings (SSSR count). The number of hydrogen-bond acceptors (Lipinski definition) is 3. The second-order valence-corrected chi connectivity index (χ2v) is 15.7. The van der Waals surface area contributed by atoms with Crippen molar-refractivity contribution in [1.82, 2.24) is 9.80 Å². The normalized spacial score (nSPS) is 21.2. The van der Waals surface area contributed by atoms with Crippen LogP contribution < -0.4 is 0 Å². The van der Waals surface area contributed by atoms with Gasteiger partial charge in [0.15, 0.2) is 8.32 Å². The monoisotopic (exact) mass is 432 g/mol. The molecule has 0 radical (unpaired) electrons. The first-order valence-corrected chi connectivity index (χ1v) is 14.3. The number of rotatable bonds is 6. The van der Waals surface area contributed by atoms with Crippen molar-refractivity contribution >= 4 is 14.4 Å². The van der Waals surface area contributed by atoms with Gasteiger partial charge in [0, 0.05) is 19.6 Å². The van der Waals surface area contributed by atoms with Crippen LogP contribution in [0.15, 0.2) is 30.3 Å². The van der Waals surface area contributed by atoms with Crippen molar-refractivity contribution in [2.75, 3.05) is 32.7 Å². The summed E-state index contributed by atoms with van der Waals surface area (Å²) in [5.74, 6) is 0. The molecule has 1 N–H and O–H groups in total. The number of benzene rings is 1. The van der Waals surface area contributed by atoms with Crippen molar-refractivity contribution in [3.8, 4) is 0 Å². The second-order valence-electron chi connectivity index (χ2n) is 10.9. The molecular weight excluding hydrogens is 392 g/mol. The third kappa shape index (κ3) is 5.65. The molecule has 5 nitrogen and oxygen atoms in total. The Morgan fingerprint density at radius 1 is 1.13 bits per heavy atom. The molecule has 0 saturated carbocycles. The van der Waals surface area contributed by atoms with Crippen LogP contribution in [0.5, 0.6) is 0 Å². The maximum Gasteiger partial charge on any atom is 0.407 e. The van der Waals surface area contributed by atoms with Crippen LogP contribution in [0.3, 0.4) is 0 Å². The predicted molar refractivity (Wildman–Crippen MR) is 125 cm³/mol.